The minimum atomic E-state index is 0.214. The maximum absolute atomic E-state index is 5.91. The second kappa shape index (κ2) is 7.36. The van der Waals surface area contributed by atoms with Gasteiger partial charge >= 0.3 is 0 Å². The normalized spacial score (nSPS) is 19.2. The van der Waals surface area contributed by atoms with Crippen LogP contribution < -0.4 is 15.2 Å². The fourth-order valence-electron chi connectivity index (χ4n) is 2.28. The van der Waals surface area contributed by atoms with Crippen LogP contribution in [0, 0.1) is 0 Å². The predicted octanol–water partition coefficient (Wildman–Crippen LogP) is 2.14. The van der Waals surface area contributed by atoms with Crippen molar-refractivity contribution in [3.05, 3.63) is 23.8 Å². The number of methoxy groups -OCH3 is 1. The summed E-state index contributed by atoms with van der Waals surface area (Å²) in [7, 11) is 1.66. The molecule has 0 spiro atoms. The van der Waals surface area contributed by atoms with Gasteiger partial charge in [-0.15, -0.1) is 0 Å². The first-order chi connectivity index (χ1) is 9.33. The first-order valence-corrected chi connectivity index (χ1v) is 6.95. The highest BCUT2D eigenvalue weighted by molar-refractivity contribution is 5.41. The fourth-order valence-corrected chi connectivity index (χ4v) is 2.28. The Hall–Kier alpha value is -1.26. The molecule has 0 saturated carbocycles. The highest BCUT2D eigenvalue weighted by Gasteiger charge is 2.15. The Bertz CT molecular complexity index is 389. The van der Waals surface area contributed by atoms with Crippen molar-refractivity contribution in [1.82, 2.24) is 0 Å². The molecule has 0 amide bonds. The molecule has 1 unspecified atom stereocenters. The zero-order chi connectivity index (χ0) is 13.5. The smallest absolute Gasteiger partial charge is 0.126 e. The van der Waals surface area contributed by atoms with Gasteiger partial charge in [-0.3, -0.25) is 0 Å². The lowest BCUT2D eigenvalue weighted by molar-refractivity contribution is -0.0112. The molecule has 0 aliphatic carbocycles. The van der Waals surface area contributed by atoms with E-state index >= 15 is 0 Å². The van der Waals surface area contributed by atoms with Gasteiger partial charge in [0.1, 0.15) is 18.1 Å². The van der Waals surface area contributed by atoms with Gasteiger partial charge in [-0.1, -0.05) is 6.07 Å². The summed E-state index contributed by atoms with van der Waals surface area (Å²) in [6.07, 6.45) is 4.49. The Morgan fingerprint density at radius 1 is 1.37 bits per heavy atom. The average molecular weight is 265 g/mol. The molecule has 1 heterocycles. The maximum atomic E-state index is 5.91. The van der Waals surface area contributed by atoms with E-state index in [9.17, 15) is 0 Å². The molecule has 1 aromatic carbocycles. The van der Waals surface area contributed by atoms with Crippen molar-refractivity contribution >= 4 is 0 Å². The highest BCUT2D eigenvalue weighted by Crippen LogP contribution is 2.26. The summed E-state index contributed by atoms with van der Waals surface area (Å²) < 4.78 is 16.8. The zero-order valence-corrected chi connectivity index (χ0v) is 11.6. The average Bonchev–Trinajstić information content (AvgIpc) is 2.47. The summed E-state index contributed by atoms with van der Waals surface area (Å²) >= 11 is 0. The Morgan fingerprint density at radius 3 is 2.95 bits per heavy atom. The molecule has 1 atom stereocenters. The quantitative estimate of drug-likeness (QED) is 0.856. The summed E-state index contributed by atoms with van der Waals surface area (Å²) in [5, 5.41) is 0. The van der Waals surface area contributed by atoms with E-state index in [1.807, 2.05) is 18.2 Å². The van der Waals surface area contributed by atoms with E-state index in [1.165, 1.54) is 6.42 Å². The van der Waals surface area contributed by atoms with Gasteiger partial charge in [0.05, 0.1) is 13.2 Å². The van der Waals surface area contributed by atoms with Gasteiger partial charge in [-0.05, 0) is 43.9 Å². The van der Waals surface area contributed by atoms with Gasteiger partial charge in [0.15, 0.2) is 0 Å². The van der Waals surface area contributed by atoms with Crippen LogP contribution >= 0.6 is 0 Å². The lowest BCUT2D eigenvalue weighted by atomic mass is 10.1. The molecular formula is C15H23NO3. The summed E-state index contributed by atoms with van der Waals surface area (Å²) in [5.41, 5.74) is 6.75. The van der Waals surface area contributed by atoms with Gasteiger partial charge in [-0.25, -0.2) is 0 Å². The fraction of sp³-hybridized carbons (Fsp3) is 0.600. The molecule has 106 valence electrons. The van der Waals surface area contributed by atoms with E-state index in [2.05, 4.69) is 0 Å². The summed E-state index contributed by atoms with van der Waals surface area (Å²) in [6, 6.07) is 5.88. The van der Waals surface area contributed by atoms with Crippen molar-refractivity contribution in [3.8, 4) is 11.5 Å². The first kappa shape index (κ1) is 14.2. The topological polar surface area (TPSA) is 53.7 Å². The van der Waals surface area contributed by atoms with Crippen molar-refractivity contribution in [2.24, 2.45) is 5.73 Å². The van der Waals surface area contributed by atoms with Gasteiger partial charge < -0.3 is 19.9 Å². The third-order valence-electron chi connectivity index (χ3n) is 3.39. The lowest BCUT2D eigenvalue weighted by Crippen LogP contribution is -2.26. The standard InChI is InChI=1S/C15H23NO3/c1-17-13-6-5-12(7-8-16)15(10-13)19-11-14-4-2-3-9-18-14/h5-6,10,14H,2-4,7-9,11,16H2,1H3. The summed E-state index contributed by atoms with van der Waals surface area (Å²) in [6.45, 7) is 2.06. The van der Waals surface area contributed by atoms with Crippen LogP contribution in [0.15, 0.2) is 18.2 Å². The molecule has 1 aromatic rings. The molecule has 19 heavy (non-hydrogen) atoms. The van der Waals surface area contributed by atoms with E-state index in [0.29, 0.717) is 13.2 Å². The summed E-state index contributed by atoms with van der Waals surface area (Å²) in [5.74, 6) is 1.67. The van der Waals surface area contributed by atoms with Gasteiger partial charge in [0, 0.05) is 12.7 Å². The zero-order valence-electron chi connectivity index (χ0n) is 11.6. The third kappa shape index (κ3) is 4.11. The molecule has 1 aliphatic rings. The van der Waals surface area contributed by atoms with Crippen molar-refractivity contribution in [2.75, 3.05) is 26.9 Å². The molecule has 4 heteroatoms. The van der Waals surface area contributed by atoms with Gasteiger partial charge in [0.25, 0.3) is 0 Å². The van der Waals surface area contributed by atoms with Gasteiger partial charge in [-0.2, -0.15) is 0 Å². The van der Waals surface area contributed by atoms with Crippen LogP contribution in [-0.4, -0.2) is 33.0 Å². The molecule has 0 bridgehead atoms. The number of ether oxygens (including phenoxy) is 3. The SMILES string of the molecule is COc1ccc(CCN)c(OCC2CCCCO2)c1. The number of hydrogen-bond acceptors (Lipinski definition) is 4. The Balaban J connectivity index is 1.99. The van der Waals surface area contributed by atoms with Crippen LogP contribution in [0.4, 0.5) is 0 Å². The molecule has 4 nitrogen and oxygen atoms in total. The number of nitrogens with two attached hydrogens (primary N) is 1. The third-order valence-corrected chi connectivity index (χ3v) is 3.39. The monoisotopic (exact) mass is 265 g/mol. The minimum Gasteiger partial charge on any atom is -0.497 e. The predicted molar refractivity (Wildman–Crippen MR) is 74.8 cm³/mol. The van der Waals surface area contributed by atoms with E-state index < -0.39 is 0 Å². The van der Waals surface area contributed by atoms with Gasteiger partial charge in [0.2, 0.25) is 0 Å². The maximum Gasteiger partial charge on any atom is 0.126 e. The van der Waals surface area contributed by atoms with E-state index in [4.69, 9.17) is 19.9 Å². The van der Waals surface area contributed by atoms with Crippen molar-refractivity contribution < 1.29 is 14.2 Å². The molecule has 2 rings (SSSR count). The van der Waals surface area contributed by atoms with Crippen LogP contribution in [0.3, 0.4) is 0 Å². The first-order valence-electron chi connectivity index (χ1n) is 6.95. The highest BCUT2D eigenvalue weighted by atomic mass is 16.5. The summed E-state index contributed by atoms with van der Waals surface area (Å²) in [4.78, 5) is 0. The van der Waals surface area contributed by atoms with Crippen LogP contribution in [0.25, 0.3) is 0 Å². The van der Waals surface area contributed by atoms with E-state index in [1.54, 1.807) is 7.11 Å². The Labute approximate surface area is 114 Å². The largest absolute Gasteiger partial charge is 0.497 e. The minimum absolute atomic E-state index is 0.214. The molecule has 0 aromatic heterocycles. The molecule has 1 saturated heterocycles. The number of rotatable bonds is 6. The van der Waals surface area contributed by atoms with Crippen LogP contribution in [-0.2, 0) is 11.2 Å². The van der Waals surface area contributed by atoms with E-state index in [0.717, 1.165) is 42.9 Å². The molecule has 0 radical (unpaired) electrons. The Morgan fingerprint density at radius 2 is 2.26 bits per heavy atom. The molecule has 1 fully saturated rings. The lowest BCUT2D eigenvalue weighted by Gasteiger charge is -2.23. The van der Waals surface area contributed by atoms with Crippen molar-refractivity contribution in [3.63, 3.8) is 0 Å². The number of benzene rings is 1. The van der Waals surface area contributed by atoms with Crippen molar-refractivity contribution in [1.29, 1.82) is 0 Å². The van der Waals surface area contributed by atoms with Crippen LogP contribution in [0.5, 0.6) is 11.5 Å². The molecule has 1 aliphatic heterocycles. The van der Waals surface area contributed by atoms with Crippen LogP contribution in [0.2, 0.25) is 0 Å². The second-order valence-corrected chi connectivity index (χ2v) is 4.81. The molecule has 2 N–H and O–H groups in total. The van der Waals surface area contributed by atoms with E-state index in [-0.39, 0.29) is 6.10 Å². The van der Waals surface area contributed by atoms with Crippen LogP contribution in [0.1, 0.15) is 24.8 Å². The second-order valence-electron chi connectivity index (χ2n) is 4.81. The Kier molecular flexibility index (Phi) is 5.48. The van der Waals surface area contributed by atoms with Crippen molar-refractivity contribution in [2.45, 2.75) is 31.8 Å². The number of hydrogen-bond donors (Lipinski definition) is 1. The molecular weight excluding hydrogens is 242 g/mol.